The van der Waals surface area contributed by atoms with Crippen molar-refractivity contribution in [2.45, 2.75) is 53.0 Å². The monoisotopic (exact) mass is 371 g/mol. The average Bonchev–Trinajstić information content (AvgIpc) is 2.66. The lowest BCUT2D eigenvalue weighted by Crippen LogP contribution is -2.39. The first-order chi connectivity index (χ1) is 13.1. The zero-order valence-corrected chi connectivity index (χ0v) is 16.8. The molecule has 0 bridgehead atoms. The van der Waals surface area contributed by atoms with E-state index >= 15 is 0 Å². The predicted octanol–water partition coefficient (Wildman–Crippen LogP) is 4.31. The summed E-state index contributed by atoms with van der Waals surface area (Å²) in [4.78, 5) is 12.4. The Morgan fingerprint density at radius 2 is 1.59 bits per heavy atom. The maximum absolute atomic E-state index is 12.4. The standard InChI is InChI=1S/C22H30N2O3/c1-5-17(6-2)18-11-13-24(14-12-18)16-22(25)23-19-9-10-20(26-7-3)21(15-19)27-8-4/h9-15,17H,5-8,16H2,1-4H3/p+1. The molecule has 0 aliphatic rings. The molecule has 1 heterocycles. The number of ether oxygens (including phenoxy) is 2. The summed E-state index contributed by atoms with van der Waals surface area (Å²) in [5, 5.41) is 2.92. The third-order valence-corrected chi connectivity index (χ3v) is 4.53. The summed E-state index contributed by atoms with van der Waals surface area (Å²) >= 11 is 0. The van der Waals surface area contributed by atoms with Crippen molar-refractivity contribution in [2.24, 2.45) is 0 Å². The van der Waals surface area contributed by atoms with E-state index in [0.29, 0.717) is 36.3 Å². The average molecular weight is 372 g/mol. The molecule has 0 saturated carbocycles. The van der Waals surface area contributed by atoms with Crippen molar-refractivity contribution in [3.05, 3.63) is 48.3 Å². The maximum Gasteiger partial charge on any atom is 0.290 e. The van der Waals surface area contributed by atoms with Crippen LogP contribution in [0, 0.1) is 0 Å². The van der Waals surface area contributed by atoms with E-state index in [2.05, 4.69) is 31.3 Å². The lowest BCUT2D eigenvalue weighted by Gasteiger charge is -2.13. The summed E-state index contributed by atoms with van der Waals surface area (Å²) in [5.41, 5.74) is 2.02. The van der Waals surface area contributed by atoms with Crippen molar-refractivity contribution in [1.82, 2.24) is 0 Å². The lowest BCUT2D eigenvalue weighted by atomic mass is 9.95. The van der Waals surface area contributed by atoms with E-state index in [9.17, 15) is 4.79 Å². The molecule has 0 fully saturated rings. The third-order valence-electron chi connectivity index (χ3n) is 4.53. The van der Waals surface area contributed by atoms with Gasteiger partial charge in [0.15, 0.2) is 23.9 Å². The van der Waals surface area contributed by atoms with E-state index < -0.39 is 0 Å². The van der Waals surface area contributed by atoms with Gasteiger partial charge in [-0.05, 0) is 50.3 Å². The van der Waals surface area contributed by atoms with Crippen LogP contribution in [0.4, 0.5) is 5.69 Å². The molecule has 5 heteroatoms. The molecule has 0 aliphatic heterocycles. The van der Waals surface area contributed by atoms with Crippen LogP contribution in [-0.4, -0.2) is 19.1 Å². The van der Waals surface area contributed by atoms with Gasteiger partial charge in [0.05, 0.1) is 13.2 Å². The normalized spacial score (nSPS) is 10.7. The van der Waals surface area contributed by atoms with Crippen LogP contribution in [0.5, 0.6) is 11.5 Å². The van der Waals surface area contributed by atoms with Gasteiger partial charge in [-0.1, -0.05) is 13.8 Å². The van der Waals surface area contributed by atoms with E-state index in [0.717, 1.165) is 12.8 Å². The van der Waals surface area contributed by atoms with Crippen LogP contribution >= 0.6 is 0 Å². The molecule has 1 aromatic carbocycles. The van der Waals surface area contributed by atoms with Gasteiger partial charge in [-0.2, -0.15) is 4.57 Å². The summed E-state index contributed by atoms with van der Waals surface area (Å²) in [5.74, 6) is 1.82. The molecule has 1 aromatic heterocycles. The SMILES string of the molecule is CCOc1ccc(NC(=O)C[n+]2ccc(C(CC)CC)cc2)cc1OCC. The number of pyridine rings is 1. The molecule has 0 spiro atoms. The van der Waals surface area contributed by atoms with Crippen molar-refractivity contribution >= 4 is 11.6 Å². The first kappa shape index (κ1) is 20.7. The minimum atomic E-state index is -0.0816. The first-order valence-electron chi connectivity index (χ1n) is 9.79. The highest BCUT2D eigenvalue weighted by atomic mass is 16.5. The fourth-order valence-electron chi connectivity index (χ4n) is 3.10. The van der Waals surface area contributed by atoms with Crippen LogP contribution in [0.15, 0.2) is 42.7 Å². The number of hydrogen-bond donors (Lipinski definition) is 1. The largest absolute Gasteiger partial charge is 0.490 e. The molecular weight excluding hydrogens is 340 g/mol. The number of nitrogens with zero attached hydrogens (tertiary/aromatic N) is 1. The van der Waals surface area contributed by atoms with Crippen LogP contribution in [0.2, 0.25) is 0 Å². The number of anilines is 1. The van der Waals surface area contributed by atoms with E-state index in [1.807, 2.05) is 42.9 Å². The number of carbonyl (C=O) groups is 1. The molecule has 0 saturated heterocycles. The summed E-state index contributed by atoms with van der Waals surface area (Å²) in [6, 6.07) is 9.66. The number of benzene rings is 1. The Labute approximate surface area is 162 Å². The molecular formula is C22H31N2O3+. The minimum Gasteiger partial charge on any atom is -0.490 e. The van der Waals surface area contributed by atoms with Gasteiger partial charge in [0.25, 0.3) is 5.91 Å². The Morgan fingerprint density at radius 1 is 0.963 bits per heavy atom. The van der Waals surface area contributed by atoms with Gasteiger partial charge in [-0.15, -0.1) is 0 Å². The Balaban J connectivity index is 2.01. The van der Waals surface area contributed by atoms with Gasteiger partial charge in [-0.3, -0.25) is 4.79 Å². The second-order valence-corrected chi connectivity index (χ2v) is 6.39. The first-order valence-corrected chi connectivity index (χ1v) is 9.79. The number of carbonyl (C=O) groups excluding carboxylic acids is 1. The molecule has 1 amide bonds. The number of amides is 1. The van der Waals surface area contributed by atoms with Crippen molar-refractivity contribution in [1.29, 1.82) is 0 Å². The van der Waals surface area contributed by atoms with Crippen molar-refractivity contribution in [3.8, 4) is 11.5 Å². The maximum atomic E-state index is 12.4. The van der Waals surface area contributed by atoms with Crippen molar-refractivity contribution < 1.29 is 18.8 Å². The molecule has 27 heavy (non-hydrogen) atoms. The molecule has 0 aliphatic carbocycles. The van der Waals surface area contributed by atoms with E-state index in [1.165, 1.54) is 5.56 Å². The molecule has 146 valence electrons. The highest BCUT2D eigenvalue weighted by molar-refractivity contribution is 5.90. The second kappa shape index (κ2) is 10.6. The zero-order chi connectivity index (χ0) is 19.6. The fraction of sp³-hybridized carbons (Fsp3) is 0.455. The van der Waals surface area contributed by atoms with Gasteiger partial charge in [0.2, 0.25) is 6.54 Å². The topological polar surface area (TPSA) is 51.4 Å². The van der Waals surface area contributed by atoms with Gasteiger partial charge in [-0.25, -0.2) is 0 Å². The summed E-state index contributed by atoms with van der Waals surface area (Å²) in [7, 11) is 0. The summed E-state index contributed by atoms with van der Waals surface area (Å²) in [6.45, 7) is 9.62. The number of rotatable bonds is 10. The highest BCUT2D eigenvalue weighted by Gasteiger charge is 2.13. The van der Waals surface area contributed by atoms with Crippen LogP contribution in [0.3, 0.4) is 0 Å². The number of nitrogens with one attached hydrogen (secondary N) is 1. The second-order valence-electron chi connectivity index (χ2n) is 6.39. The summed E-state index contributed by atoms with van der Waals surface area (Å²) in [6.07, 6.45) is 6.19. The van der Waals surface area contributed by atoms with Gasteiger partial charge < -0.3 is 14.8 Å². The van der Waals surface area contributed by atoms with E-state index in [4.69, 9.17) is 9.47 Å². The Kier molecular flexibility index (Phi) is 8.11. The fourth-order valence-corrected chi connectivity index (χ4v) is 3.10. The molecule has 2 rings (SSSR count). The van der Waals surface area contributed by atoms with Crippen molar-refractivity contribution in [2.75, 3.05) is 18.5 Å². The quantitative estimate of drug-likeness (QED) is 0.633. The van der Waals surface area contributed by atoms with Gasteiger partial charge in [0, 0.05) is 23.9 Å². The molecule has 0 atom stereocenters. The Bertz CT molecular complexity index is 725. The van der Waals surface area contributed by atoms with E-state index in [1.54, 1.807) is 6.07 Å². The molecule has 0 radical (unpaired) electrons. The van der Waals surface area contributed by atoms with Crippen molar-refractivity contribution in [3.63, 3.8) is 0 Å². The van der Waals surface area contributed by atoms with Crippen LogP contribution in [0.1, 0.15) is 52.0 Å². The molecule has 1 N–H and O–H groups in total. The number of aromatic nitrogens is 1. The Morgan fingerprint density at radius 3 is 2.19 bits per heavy atom. The van der Waals surface area contributed by atoms with Crippen LogP contribution in [-0.2, 0) is 11.3 Å². The lowest BCUT2D eigenvalue weighted by molar-refractivity contribution is -0.684. The number of hydrogen-bond acceptors (Lipinski definition) is 3. The smallest absolute Gasteiger partial charge is 0.290 e. The van der Waals surface area contributed by atoms with Crippen LogP contribution < -0.4 is 19.4 Å². The van der Waals surface area contributed by atoms with Crippen LogP contribution in [0.25, 0.3) is 0 Å². The predicted molar refractivity (Wildman–Crippen MR) is 107 cm³/mol. The molecule has 0 unspecified atom stereocenters. The van der Waals surface area contributed by atoms with Gasteiger partial charge >= 0.3 is 0 Å². The molecule has 5 nitrogen and oxygen atoms in total. The molecule has 2 aromatic rings. The summed E-state index contributed by atoms with van der Waals surface area (Å²) < 4.78 is 13.0. The Hall–Kier alpha value is -2.56. The minimum absolute atomic E-state index is 0.0816. The third kappa shape index (κ3) is 5.98. The van der Waals surface area contributed by atoms with Gasteiger partial charge in [0.1, 0.15) is 0 Å². The van der Waals surface area contributed by atoms with E-state index in [-0.39, 0.29) is 12.5 Å². The zero-order valence-electron chi connectivity index (χ0n) is 16.8. The highest BCUT2D eigenvalue weighted by Crippen LogP contribution is 2.30.